The first kappa shape index (κ1) is 20.8. The van der Waals surface area contributed by atoms with Crippen molar-refractivity contribution in [2.24, 2.45) is 5.41 Å². The number of carbonyl (C=O) groups is 1. The second kappa shape index (κ2) is 9.26. The summed E-state index contributed by atoms with van der Waals surface area (Å²) in [5, 5.41) is 0. The van der Waals surface area contributed by atoms with Crippen LogP contribution in [0.2, 0.25) is 0 Å². The number of benzene rings is 1. The molecular weight excluding hydrogens is 356 g/mol. The third-order valence-electron chi connectivity index (χ3n) is 2.95. The molecule has 0 aliphatic carbocycles. The third kappa shape index (κ3) is 8.53. The number of carbonyl (C=O) groups excluding carboxylic acids is 1. The van der Waals surface area contributed by atoms with Gasteiger partial charge in [0.15, 0.2) is 11.1 Å². The van der Waals surface area contributed by atoms with Crippen molar-refractivity contribution in [3.05, 3.63) is 35.9 Å². The molecule has 0 amide bonds. The molecule has 0 spiro atoms. The SMILES string of the molecule is CC(C)(COC(=O)c1ccccc1)COS(=O)(=O)CCCS(=O)O. The van der Waals surface area contributed by atoms with Crippen LogP contribution >= 0.6 is 0 Å². The average molecular weight is 378 g/mol. The Kier molecular flexibility index (Phi) is 8.01. The molecule has 1 aromatic carbocycles. The van der Waals surface area contributed by atoms with Gasteiger partial charge in [0.25, 0.3) is 10.1 Å². The van der Waals surface area contributed by atoms with Crippen molar-refractivity contribution in [2.75, 3.05) is 24.7 Å². The lowest BCUT2D eigenvalue weighted by atomic mass is 9.96. The van der Waals surface area contributed by atoms with Crippen LogP contribution in [0.1, 0.15) is 30.6 Å². The summed E-state index contributed by atoms with van der Waals surface area (Å²) in [5.74, 6) is -0.947. The molecule has 0 bridgehead atoms. The number of ether oxygens (including phenoxy) is 1. The molecular formula is C15H22O7S2. The molecule has 0 saturated heterocycles. The van der Waals surface area contributed by atoms with E-state index in [4.69, 9.17) is 13.5 Å². The predicted molar refractivity (Wildman–Crippen MR) is 90.5 cm³/mol. The molecule has 0 heterocycles. The predicted octanol–water partition coefficient (Wildman–Crippen LogP) is 1.83. The van der Waals surface area contributed by atoms with Gasteiger partial charge in [-0.05, 0) is 18.6 Å². The third-order valence-corrected chi connectivity index (χ3v) is 4.85. The summed E-state index contributed by atoms with van der Waals surface area (Å²) in [6.07, 6.45) is 0.0366. The first-order chi connectivity index (χ1) is 11.1. The van der Waals surface area contributed by atoms with E-state index in [1.165, 1.54) is 0 Å². The lowest BCUT2D eigenvalue weighted by molar-refractivity contribution is 0.0255. The van der Waals surface area contributed by atoms with Crippen molar-refractivity contribution in [2.45, 2.75) is 20.3 Å². The van der Waals surface area contributed by atoms with Crippen LogP contribution in [-0.2, 0) is 30.1 Å². The second-order valence-corrected chi connectivity index (χ2v) is 8.82. The van der Waals surface area contributed by atoms with Gasteiger partial charge in [0.1, 0.15) is 0 Å². The molecule has 136 valence electrons. The van der Waals surface area contributed by atoms with E-state index in [-0.39, 0.29) is 31.1 Å². The van der Waals surface area contributed by atoms with Gasteiger partial charge in [-0.25, -0.2) is 9.00 Å². The van der Waals surface area contributed by atoms with Gasteiger partial charge in [0.05, 0.1) is 30.3 Å². The van der Waals surface area contributed by atoms with Gasteiger partial charge >= 0.3 is 5.97 Å². The van der Waals surface area contributed by atoms with Crippen LogP contribution in [0.5, 0.6) is 0 Å². The van der Waals surface area contributed by atoms with Crippen molar-refractivity contribution < 1.29 is 30.9 Å². The van der Waals surface area contributed by atoms with Gasteiger partial charge in [-0.1, -0.05) is 32.0 Å². The van der Waals surface area contributed by atoms with Crippen molar-refractivity contribution >= 4 is 27.2 Å². The van der Waals surface area contributed by atoms with E-state index >= 15 is 0 Å². The fourth-order valence-electron chi connectivity index (χ4n) is 1.63. The van der Waals surface area contributed by atoms with Crippen LogP contribution in [-0.4, -0.2) is 47.9 Å². The maximum atomic E-state index is 11.9. The summed E-state index contributed by atoms with van der Waals surface area (Å²) < 4.78 is 52.6. The molecule has 0 radical (unpaired) electrons. The molecule has 1 unspecified atom stereocenters. The van der Waals surface area contributed by atoms with Gasteiger partial charge in [-0.3, -0.25) is 4.18 Å². The molecule has 0 aliphatic rings. The molecule has 1 rings (SSSR count). The highest BCUT2D eigenvalue weighted by atomic mass is 32.2. The minimum atomic E-state index is -3.79. The van der Waals surface area contributed by atoms with Gasteiger partial charge in [0, 0.05) is 5.41 Å². The molecule has 1 atom stereocenters. The highest BCUT2D eigenvalue weighted by Crippen LogP contribution is 2.18. The smallest absolute Gasteiger partial charge is 0.338 e. The summed E-state index contributed by atoms with van der Waals surface area (Å²) in [6.45, 7) is 3.27. The van der Waals surface area contributed by atoms with Crippen LogP contribution in [0.4, 0.5) is 0 Å². The molecule has 0 aromatic heterocycles. The van der Waals surface area contributed by atoms with Crippen molar-refractivity contribution in [3.63, 3.8) is 0 Å². The summed E-state index contributed by atoms with van der Waals surface area (Å²) in [4.78, 5) is 11.9. The molecule has 1 aromatic rings. The minimum Gasteiger partial charge on any atom is -0.461 e. The zero-order chi connectivity index (χ0) is 18.2. The summed E-state index contributed by atoms with van der Waals surface area (Å²) in [6, 6.07) is 8.47. The first-order valence-corrected chi connectivity index (χ1v) is 10.1. The van der Waals surface area contributed by atoms with E-state index in [2.05, 4.69) is 0 Å². The molecule has 9 heteroatoms. The Morgan fingerprint density at radius 3 is 2.42 bits per heavy atom. The molecule has 7 nitrogen and oxygen atoms in total. The van der Waals surface area contributed by atoms with Gasteiger partial charge in [-0.15, -0.1) is 0 Å². The van der Waals surface area contributed by atoms with Crippen LogP contribution in [0, 0.1) is 5.41 Å². The quantitative estimate of drug-likeness (QED) is 0.376. The summed E-state index contributed by atoms with van der Waals surface area (Å²) >= 11 is -2.03. The Bertz CT molecular complexity index is 654. The zero-order valence-corrected chi connectivity index (χ0v) is 15.3. The highest BCUT2D eigenvalue weighted by Gasteiger charge is 2.25. The monoisotopic (exact) mass is 378 g/mol. The topological polar surface area (TPSA) is 107 Å². The number of rotatable bonds is 10. The van der Waals surface area contributed by atoms with E-state index in [0.717, 1.165) is 0 Å². The minimum absolute atomic E-state index is 0.00307. The van der Waals surface area contributed by atoms with E-state index in [1.54, 1.807) is 44.2 Å². The lowest BCUT2D eigenvalue weighted by Gasteiger charge is -2.23. The Hall–Kier alpha value is -1.29. The Morgan fingerprint density at radius 2 is 1.83 bits per heavy atom. The fraction of sp³-hybridized carbons (Fsp3) is 0.533. The second-order valence-electron chi connectivity index (χ2n) is 6.01. The van der Waals surface area contributed by atoms with Crippen molar-refractivity contribution in [3.8, 4) is 0 Å². The fourth-order valence-corrected chi connectivity index (χ4v) is 3.32. The van der Waals surface area contributed by atoms with E-state index in [1.807, 2.05) is 0 Å². The van der Waals surface area contributed by atoms with E-state index in [0.29, 0.717) is 5.56 Å². The molecule has 0 fully saturated rings. The molecule has 24 heavy (non-hydrogen) atoms. The summed E-state index contributed by atoms with van der Waals surface area (Å²) in [5.41, 5.74) is -0.282. The van der Waals surface area contributed by atoms with Crippen molar-refractivity contribution in [1.82, 2.24) is 0 Å². The zero-order valence-electron chi connectivity index (χ0n) is 13.6. The Morgan fingerprint density at radius 1 is 1.21 bits per heavy atom. The van der Waals surface area contributed by atoms with Gasteiger partial charge in [-0.2, -0.15) is 8.42 Å². The maximum absolute atomic E-state index is 11.9. The van der Waals surface area contributed by atoms with E-state index in [9.17, 15) is 17.4 Å². The number of esters is 1. The van der Waals surface area contributed by atoms with Gasteiger partial charge in [0.2, 0.25) is 0 Å². The standard InChI is InChI=1S/C15H22O7S2/c1-15(2,11-21-14(16)13-7-4-3-5-8-13)12-22-24(19,20)10-6-9-23(17)18/h3-5,7-8H,6,9-12H2,1-2H3,(H,17,18). The van der Waals surface area contributed by atoms with Crippen LogP contribution in [0.25, 0.3) is 0 Å². The molecule has 0 saturated carbocycles. The van der Waals surface area contributed by atoms with Crippen LogP contribution in [0.15, 0.2) is 30.3 Å². The van der Waals surface area contributed by atoms with Crippen LogP contribution < -0.4 is 0 Å². The summed E-state index contributed by atoms with van der Waals surface area (Å²) in [7, 11) is -3.79. The Labute approximate surface area is 144 Å². The number of hydrogen-bond donors (Lipinski definition) is 1. The first-order valence-electron chi connectivity index (χ1n) is 7.28. The van der Waals surface area contributed by atoms with Crippen LogP contribution in [0.3, 0.4) is 0 Å². The average Bonchev–Trinajstić information content (AvgIpc) is 2.51. The normalized spacial score (nSPS) is 13.5. The Balaban J connectivity index is 2.43. The molecule has 1 N–H and O–H groups in total. The lowest BCUT2D eigenvalue weighted by Crippen LogP contribution is -2.29. The van der Waals surface area contributed by atoms with E-state index < -0.39 is 32.6 Å². The molecule has 0 aliphatic heterocycles. The number of hydrogen-bond acceptors (Lipinski definition) is 6. The maximum Gasteiger partial charge on any atom is 0.338 e. The largest absolute Gasteiger partial charge is 0.461 e. The van der Waals surface area contributed by atoms with Gasteiger partial charge < -0.3 is 9.29 Å². The highest BCUT2D eigenvalue weighted by molar-refractivity contribution is 7.86. The van der Waals surface area contributed by atoms with Crippen molar-refractivity contribution in [1.29, 1.82) is 0 Å².